The molecule has 0 unspecified atom stereocenters. The first-order valence-corrected chi connectivity index (χ1v) is 1.36. The molecule has 0 aliphatic carbocycles. The fourth-order valence-corrected chi connectivity index (χ4v) is 0. The van der Waals surface area contributed by atoms with Crippen molar-refractivity contribution in [1.82, 2.24) is 0 Å². The van der Waals surface area contributed by atoms with Crippen molar-refractivity contribution in [2.45, 2.75) is 0 Å². The predicted octanol–water partition coefficient (Wildman–Crippen LogP) is -0.126. The Kier molecular flexibility index (Phi) is 86.3. The van der Waals surface area contributed by atoms with Crippen molar-refractivity contribution in [3.63, 3.8) is 0 Å². The van der Waals surface area contributed by atoms with E-state index in [0.717, 1.165) is 0 Å². The number of hydrogen-bond donors (Lipinski definition) is 0. The first-order chi connectivity index (χ1) is 1.00. The fraction of sp³-hybridized carbons (Fsp3) is 0. The molecule has 0 rings (SSSR count). The van der Waals surface area contributed by atoms with Crippen molar-refractivity contribution >= 4 is 0 Å². The Bertz CT molecular complexity index is 8.00. The Hall–Kier alpha value is 1.92. The van der Waals surface area contributed by atoms with E-state index in [4.69, 9.17) is 3.40 Å². The molecule has 0 aromatic carbocycles. The quantitative estimate of drug-likeness (QED) is 0.529. The first kappa shape index (κ1) is 16.8. The van der Waals surface area contributed by atoms with Crippen LogP contribution in [0.4, 0.5) is 0 Å². The van der Waals surface area contributed by atoms with Crippen LogP contribution in [0.1, 0.15) is 0 Å². The fourth-order valence-electron chi connectivity index (χ4n) is 0. The van der Waals surface area contributed by atoms with E-state index in [1.54, 1.807) is 0 Å². The second kappa shape index (κ2) is 20.5. The molecule has 0 N–H and O–H groups in total. The van der Waals surface area contributed by atoms with Gasteiger partial charge in [0, 0.05) is 43.4 Å². The van der Waals surface area contributed by atoms with Crippen molar-refractivity contribution in [1.29, 1.82) is 0 Å². The second-order valence-electron chi connectivity index (χ2n) is 0. The van der Waals surface area contributed by atoms with Crippen molar-refractivity contribution < 1.29 is 66.6 Å². The molecule has 0 saturated carbocycles. The van der Waals surface area contributed by atoms with Crippen LogP contribution < -0.4 is 0 Å². The summed E-state index contributed by atoms with van der Waals surface area (Å²) in [5.41, 5.74) is 0. The third kappa shape index (κ3) is 9.07. The van der Waals surface area contributed by atoms with Crippen LogP contribution in [0.25, 0.3) is 0 Å². The van der Waals surface area contributed by atoms with Crippen LogP contribution in [0.3, 0.4) is 0 Å². The minimum absolute atomic E-state index is 0. The van der Waals surface area contributed by atoms with Crippen molar-refractivity contribution in [2.75, 3.05) is 0 Å². The number of rotatable bonds is 0. The van der Waals surface area contributed by atoms with Gasteiger partial charge in [-0.25, -0.2) is 0 Å². The van der Waals surface area contributed by atoms with Crippen LogP contribution in [0.2, 0.25) is 0 Å². The molecular weight excluding hydrogens is 389 g/mol. The van der Waals surface area contributed by atoms with Crippen molar-refractivity contribution in [2.24, 2.45) is 0 Å². The van der Waals surface area contributed by atoms with E-state index in [-0.39, 0.29) is 43.4 Å². The van der Waals surface area contributed by atoms with E-state index in [2.05, 4.69) is 0 Å². The predicted molar refractivity (Wildman–Crippen MR) is 0.686 cm³/mol. The summed E-state index contributed by atoms with van der Waals surface area (Å²) in [6, 6.07) is 0. The third-order valence-electron chi connectivity index (χ3n) is 0. The molecule has 4 heavy (non-hydrogen) atoms. The van der Waals surface area contributed by atoms with E-state index >= 15 is 0 Å². The van der Waals surface area contributed by atoms with Crippen molar-refractivity contribution in [3.8, 4) is 0 Å². The zero-order valence-electron chi connectivity index (χ0n) is 1.67. The SMILES string of the molecule is [Mo].[Nb].[O]=[W]. The molecule has 0 aromatic rings. The topological polar surface area (TPSA) is 17.1 Å². The monoisotopic (exact) mass is 391 g/mol. The molecule has 0 heterocycles. The summed E-state index contributed by atoms with van der Waals surface area (Å²) in [5.74, 6) is 0. The molecular formula is MoNbOW. The molecule has 0 bridgehead atoms. The van der Waals surface area contributed by atoms with E-state index in [0.29, 0.717) is 19.8 Å². The van der Waals surface area contributed by atoms with E-state index < -0.39 is 0 Å². The van der Waals surface area contributed by atoms with Gasteiger partial charge in [-0.3, -0.25) is 0 Å². The molecule has 4 heteroatoms. The molecule has 23 valence electrons. The first-order valence-electron chi connectivity index (χ1n) is 0.167. The Morgan fingerprint density at radius 3 is 1.25 bits per heavy atom. The molecule has 0 aliphatic rings. The second-order valence-corrected chi connectivity index (χ2v) is 0. The summed E-state index contributed by atoms with van der Waals surface area (Å²) >= 11 is 0.333. The summed E-state index contributed by atoms with van der Waals surface area (Å²) in [6.07, 6.45) is 0. The zero-order chi connectivity index (χ0) is 2.00. The van der Waals surface area contributed by atoms with Crippen LogP contribution in [0, 0.1) is 0 Å². The molecule has 0 saturated heterocycles. The van der Waals surface area contributed by atoms with Gasteiger partial charge in [0.1, 0.15) is 0 Å². The van der Waals surface area contributed by atoms with E-state index in [9.17, 15) is 0 Å². The van der Waals surface area contributed by atoms with Crippen LogP contribution in [-0.2, 0) is 66.6 Å². The average molecular weight is 389 g/mol. The summed E-state index contributed by atoms with van der Waals surface area (Å²) in [5, 5.41) is 0. The Balaban J connectivity index is -0.00000000500. The molecule has 0 amide bonds. The molecule has 0 fully saturated rings. The standard InChI is InChI=1S/Mo.Nb.O.W. The summed E-state index contributed by atoms with van der Waals surface area (Å²) in [4.78, 5) is 0. The molecule has 0 atom stereocenters. The summed E-state index contributed by atoms with van der Waals surface area (Å²) in [6.45, 7) is 0. The Morgan fingerprint density at radius 1 is 1.25 bits per heavy atom. The van der Waals surface area contributed by atoms with Crippen LogP contribution >= 0.6 is 0 Å². The van der Waals surface area contributed by atoms with Crippen molar-refractivity contribution in [3.05, 3.63) is 0 Å². The molecule has 1 nitrogen and oxygen atoms in total. The van der Waals surface area contributed by atoms with Gasteiger partial charge in [0.2, 0.25) is 0 Å². The molecule has 0 aromatic heterocycles. The van der Waals surface area contributed by atoms with Gasteiger partial charge in [0.15, 0.2) is 0 Å². The van der Waals surface area contributed by atoms with Gasteiger partial charge in [-0.05, 0) is 0 Å². The average Bonchev–Trinajstić information content (AvgIpc) is 1.00. The molecule has 1 radical (unpaired) electrons. The van der Waals surface area contributed by atoms with Crippen LogP contribution in [0.15, 0.2) is 0 Å². The van der Waals surface area contributed by atoms with Gasteiger partial charge < -0.3 is 0 Å². The normalized spacial score (nSPS) is 1.00. The van der Waals surface area contributed by atoms with Gasteiger partial charge >= 0.3 is 23.2 Å². The number of hydrogen-bond acceptors (Lipinski definition) is 1. The maximum atomic E-state index is 8.33. The Labute approximate surface area is 65.9 Å². The van der Waals surface area contributed by atoms with Gasteiger partial charge in [-0.2, -0.15) is 0 Å². The third-order valence-corrected chi connectivity index (χ3v) is 0. The van der Waals surface area contributed by atoms with Gasteiger partial charge in [0.25, 0.3) is 0 Å². The van der Waals surface area contributed by atoms with Crippen LogP contribution in [-0.4, -0.2) is 0 Å². The molecule has 0 spiro atoms. The summed E-state index contributed by atoms with van der Waals surface area (Å²) < 4.78 is 8.33. The maximum absolute atomic E-state index is 8.33. The Morgan fingerprint density at radius 2 is 1.25 bits per heavy atom. The van der Waals surface area contributed by atoms with Gasteiger partial charge in [-0.15, -0.1) is 0 Å². The van der Waals surface area contributed by atoms with E-state index in [1.807, 2.05) is 0 Å². The van der Waals surface area contributed by atoms with E-state index in [1.165, 1.54) is 0 Å². The van der Waals surface area contributed by atoms with Crippen LogP contribution in [0.5, 0.6) is 0 Å². The summed E-state index contributed by atoms with van der Waals surface area (Å²) in [7, 11) is 0. The molecule has 0 aliphatic heterocycles. The zero-order valence-corrected chi connectivity index (χ0v) is 8.81. The minimum atomic E-state index is 0. The van der Waals surface area contributed by atoms with Gasteiger partial charge in [-0.1, -0.05) is 0 Å². The van der Waals surface area contributed by atoms with Gasteiger partial charge in [0.05, 0.1) is 0 Å².